The van der Waals surface area contributed by atoms with Gasteiger partial charge in [0.1, 0.15) is 4.21 Å². The minimum atomic E-state index is -3.42. The van der Waals surface area contributed by atoms with E-state index in [1.54, 1.807) is 0 Å². The van der Waals surface area contributed by atoms with E-state index in [0.717, 1.165) is 36.6 Å². The van der Waals surface area contributed by atoms with Gasteiger partial charge in [-0.1, -0.05) is 11.3 Å². The molecule has 108 valence electrons. The second kappa shape index (κ2) is 6.31. The third kappa shape index (κ3) is 4.77. The fourth-order valence-corrected chi connectivity index (χ4v) is 3.37. The molecule has 7 nitrogen and oxygen atoms in total. The average Bonchev–Trinajstić information content (AvgIpc) is 2.67. The smallest absolute Gasteiger partial charge is 0.304 e. The van der Waals surface area contributed by atoms with Crippen LogP contribution in [0.1, 0.15) is 6.42 Å². The lowest BCUT2D eigenvalue weighted by Gasteiger charge is -2.09. The molecule has 0 aliphatic rings. The Balaban J connectivity index is 2.81. The van der Waals surface area contributed by atoms with E-state index >= 15 is 0 Å². The number of hydrogen-bond acceptors (Lipinski definition) is 7. The molecule has 0 unspecified atom stereocenters. The van der Waals surface area contributed by atoms with Crippen LogP contribution in [-0.4, -0.2) is 51.7 Å². The highest BCUT2D eigenvalue weighted by Crippen LogP contribution is 2.36. The van der Waals surface area contributed by atoms with Gasteiger partial charge in [-0.15, -0.1) is 0 Å². The number of hydrogen-bond donors (Lipinski definition) is 1. The summed E-state index contributed by atoms with van der Waals surface area (Å²) >= 11 is 0.899. The van der Waals surface area contributed by atoms with E-state index in [4.69, 9.17) is 0 Å². The van der Waals surface area contributed by atoms with Crippen molar-refractivity contribution in [1.29, 1.82) is 0 Å². The first kappa shape index (κ1) is 15.9. The lowest BCUT2D eigenvalue weighted by Crippen LogP contribution is -2.16. The number of nitro groups is 1. The monoisotopic (exact) mass is 307 g/mol. The molecule has 1 aromatic heterocycles. The Morgan fingerprint density at radius 3 is 2.58 bits per heavy atom. The summed E-state index contributed by atoms with van der Waals surface area (Å²) in [6, 6.07) is 1.11. The lowest BCUT2D eigenvalue weighted by molar-refractivity contribution is -0.383. The normalized spacial score (nSPS) is 11.8. The van der Waals surface area contributed by atoms with Gasteiger partial charge in [0.25, 0.3) is 0 Å². The van der Waals surface area contributed by atoms with E-state index in [9.17, 15) is 18.5 Å². The fourth-order valence-electron chi connectivity index (χ4n) is 1.40. The van der Waals surface area contributed by atoms with Crippen LogP contribution in [0.4, 0.5) is 10.7 Å². The van der Waals surface area contributed by atoms with Crippen LogP contribution in [-0.2, 0) is 9.84 Å². The van der Waals surface area contributed by atoms with Crippen LogP contribution in [0.25, 0.3) is 0 Å². The average molecular weight is 307 g/mol. The first-order valence-corrected chi connectivity index (χ1v) is 8.29. The van der Waals surface area contributed by atoms with E-state index in [0.29, 0.717) is 11.5 Å². The molecule has 0 radical (unpaired) electrons. The van der Waals surface area contributed by atoms with E-state index in [-0.39, 0.29) is 9.90 Å². The highest BCUT2D eigenvalue weighted by molar-refractivity contribution is 7.92. The molecule has 19 heavy (non-hydrogen) atoms. The van der Waals surface area contributed by atoms with Crippen molar-refractivity contribution in [3.05, 3.63) is 16.2 Å². The Hall–Kier alpha value is -1.19. The maximum Gasteiger partial charge on any atom is 0.304 e. The van der Waals surface area contributed by atoms with Gasteiger partial charge in [0.15, 0.2) is 14.8 Å². The molecular weight excluding hydrogens is 290 g/mol. The molecule has 0 amide bonds. The molecule has 1 heterocycles. The van der Waals surface area contributed by atoms with Crippen LogP contribution < -0.4 is 5.32 Å². The maximum atomic E-state index is 11.4. The van der Waals surface area contributed by atoms with Crippen LogP contribution in [0, 0.1) is 10.1 Å². The van der Waals surface area contributed by atoms with Gasteiger partial charge < -0.3 is 10.2 Å². The third-order valence-electron chi connectivity index (χ3n) is 2.32. The number of nitrogens with one attached hydrogen (secondary N) is 1. The zero-order valence-corrected chi connectivity index (χ0v) is 12.7. The Morgan fingerprint density at radius 2 is 2.11 bits per heavy atom. The van der Waals surface area contributed by atoms with Gasteiger partial charge in [-0.3, -0.25) is 10.1 Å². The zero-order valence-electron chi connectivity index (χ0n) is 11.0. The molecule has 1 aromatic rings. The summed E-state index contributed by atoms with van der Waals surface area (Å²) in [6.45, 7) is 1.41. The summed E-state index contributed by atoms with van der Waals surface area (Å²) in [5.74, 6) is 0. The summed E-state index contributed by atoms with van der Waals surface area (Å²) in [7, 11) is 0.463. The third-order valence-corrected chi connectivity index (χ3v) is 5.20. The molecule has 9 heteroatoms. The summed E-state index contributed by atoms with van der Waals surface area (Å²) in [5.41, 5.74) is -0.185. The molecule has 0 saturated carbocycles. The zero-order chi connectivity index (χ0) is 14.6. The van der Waals surface area contributed by atoms with Crippen molar-refractivity contribution in [2.45, 2.75) is 10.6 Å². The van der Waals surface area contributed by atoms with E-state index in [1.807, 2.05) is 19.0 Å². The first-order valence-electron chi connectivity index (χ1n) is 5.58. The largest absolute Gasteiger partial charge is 0.371 e. The van der Waals surface area contributed by atoms with Crippen molar-refractivity contribution < 1.29 is 13.3 Å². The van der Waals surface area contributed by atoms with E-state index in [2.05, 4.69) is 5.32 Å². The molecule has 1 rings (SSSR count). The standard InChI is InChI=1S/C10H17N3O4S2/c1-12(2)6-4-5-11-10-8(13(14)15)7-9(18-10)19(3,16)17/h7,11H,4-6H2,1-3H3. The number of thiophene rings is 1. The Morgan fingerprint density at radius 1 is 1.47 bits per heavy atom. The van der Waals surface area contributed by atoms with Crippen LogP contribution in [0.5, 0.6) is 0 Å². The van der Waals surface area contributed by atoms with Crippen LogP contribution in [0.3, 0.4) is 0 Å². The molecule has 1 N–H and O–H groups in total. The molecule has 0 aliphatic heterocycles. The van der Waals surface area contributed by atoms with Gasteiger partial charge in [0.2, 0.25) is 0 Å². The minimum Gasteiger partial charge on any atom is -0.371 e. The summed E-state index contributed by atoms with van der Waals surface area (Å²) < 4.78 is 22.8. The van der Waals surface area contributed by atoms with Gasteiger partial charge >= 0.3 is 5.69 Å². The van der Waals surface area contributed by atoms with Crippen molar-refractivity contribution in [3.63, 3.8) is 0 Å². The molecule has 0 spiro atoms. The molecule has 0 saturated heterocycles. The van der Waals surface area contributed by atoms with Crippen molar-refractivity contribution in [1.82, 2.24) is 4.90 Å². The highest BCUT2D eigenvalue weighted by atomic mass is 32.2. The Kier molecular flexibility index (Phi) is 5.27. The van der Waals surface area contributed by atoms with Crippen molar-refractivity contribution in [2.24, 2.45) is 0 Å². The van der Waals surface area contributed by atoms with Gasteiger partial charge in [-0.25, -0.2) is 8.42 Å². The quantitative estimate of drug-likeness (QED) is 0.465. The topological polar surface area (TPSA) is 92.6 Å². The van der Waals surface area contributed by atoms with Gasteiger partial charge in [-0.2, -0.15) is 0 Å². The molecule has 0 bridgehead atoms. The predicted octanol–water partition coefficient (Wildman–Crippen LogP) is 1.42. The fraction of sp³-hybridized carbons (Fsp3) is 0.600. The van der Waals surface area contributed by atoms with Gasteiger partial charge in [-0.05, 0) is 27.1 Å². The Bertz CT molecular complexity index is 551. The predicted molar refractivity (Wildman–Crippen MR) is 75.7 cm³/mol. The number of anilines is 1. The van der Waals surface area contributed by atoms with Gasteiger partial charge in [0.05, 0.1) is 4.92 Å². The van der Waals surface area contributed by atoms with Gasteiger partial charge in [0, 0.05) is 18.9 Å². The number of nitrogens with zero attached hydrogens (tertiary/aromatic N) is 2. The lowest BCUT2D eigenvalue weighted by atomic mass is 10.4. The first-order chi connectivity index (χ1) is 8.71. The van der Waals surface area contributed by atoms with E-state index in [1.165, 1.54) is 0 Å². The maximum absolute atomic E-state index is 11.4. The Labute approximate surface area is 116 Å². The molecule has 0 fully saturated rings. The van der Waals surface area contributed by atoms with Crippen molar-refractivity contribution >= 4 is 31.9 Å². The summed E-state index contributed by atoms with van der Waals surface area (Å²) in [6.07, 6.45) is 1.86. The van der Waals surface area contributed by atoms with E-state index < -0.39 is 14.8 Å². The second-order valence-corrected chi connectivity index (χ2v) is 7.69. The summed E-state index contributed by atoms with van der Waals surface area (Å²) in [5, 5.41) is 14.1. The molecule has 0 atom stereocenters. The SMILES string of the molecule is CN(C)CCCNc1sc(S(C)(=O)=O)cc1[N+](=O)[O-]. The summed E-state index contributed by atoms with van der Waals surface area (Å²) in [4.78, 5) is 12.3. The van der Waals surface area contributed by atoms with Crippen LogP contribution in [0.15, 0.2) is 10.3 Å². The van der Waals surface area contributed by atoms with Crippen molar-refractivity contribution in [2.75, 3.05) is 38.8 Å². The second-order valence-electron chi connectivity index (χ2n) is 4.39. The van der Waals surface area contributed by atoms with Crippen LogP contribution >= 0.6 is 11.3 Å². The molecular formula is C10H17N3O4S2. The number of rotatable bonds is 7. The molecule has 0 aromatic carbocycles. The molecule has 0 aliphatic carbocycles. The minimum absolute atomic E-state index is 0.00862. The van der Waals surface area contributed by atoms with Crippen molar-refractivity contribution in [3.8, 4) is 0 Å². The number of sulfone groups is 1. The highest BCUT2D eigenvalue weighted by Gasteiger charge is 2.23. The van der Waals surface area contributed by atoms with Crippen LogP contribution in [0.2, 0.25) is 0 Å².